The summed E-state index contributed by atoms with van der Waals surface area (Å²) in [5.74, 6) is -0.101. The smallest absolute Gasteiger partial charge is 0.270 e. The third kappa shape index (κ3) is 3.65. The lowest BCUT2D eigenvalue weighted by Crippen LogP contribution is -2.40. The van der Waals surface area contributed by atoms with Crippen LogP contribution >= 0.6 is 11.6 Å². The van der Waals surface area contributed by atoms with E-state index in [4.69, 9.17) is 16.3 Å². The minimum absolute atomic E-state index is 0.101. The molecule has 2 N–H and O–H groups in total. The van der Waals surface area contributed by atoms with Gasteiger partial charge in [0.2, 0.25) is 0 Å². The average molecular weight is 434 g/mol. The fourth-order valence-electron chi connectivity index (χ4n) is 4.03. The van der Waals surface area contributed by atoms with E-state index in [-0.39, 0.29) is 11.5 Å². The number of hydrogen-bond donors (Lipinski definition) is 2. The monoisotopic (exact) mass is 433 g/mol. The van der Waals surface area contributed by atoms with Gasteiger partial charge in [0.05, 0.1) is 24.5 Å². The van der Waals surface area contributed by atoms with Crippen molar-refractivity contribution in [2.24, 2.45) is 0 Å². The van der Waals surface area contributed by atoms with Crippen LogP contribution in [0.4, 0.5) is 0 Å². The van der Waals surface area contributed by atoms with E-state index in [1.54, 1.807) is 29.2 Å². The maximum Gasteiger partial charge on any atom is 0.270 e. The number of fused-ring (bicyclic) bond motifs is 1. The van der Waals surface area contributed by atoms with E-state index in [9.17, 15) is 9.59 Å². The number of hydrogen-bond acceptors (Lipinski definition) is 3. The molecule has 0 radical (unpaired) electrons. The molecule has 1 saturated heterocycles. The molecule has 7 heteroatoms. The van der Waals surface area contributed by atoms with Gasteiger partial charge in [0.15, 0.2) is 0 Å². The van der Waals surface area contributed by atoms with Gasteiger partial charge >= 0.3 is 0 Å². The minimum Gasteiger partial charge on any atom is -0.378 e. The Morgan fingerprint density at radius 3 is 2.48 bits per heavy atom. The third-order valence-corrected chi connectivity index (χ3v) is 5.76. The Morgan fingerprint density at radius 2 is 1.71 bits per heavy atom. The Bertz CT molecular complexity index is 1320. The number of nitrogens with zero attached hydrogens (tertiary/aromatic N) is 1. The Hall–Kier alpha value is -3.35. The summed E-state index contributed by atoms with van der Waals surface area (Å²) < 4.78 is 5.33. The van der Waals surface area contributed by atoms with Crippen molar-refractivity contribution in [1.82, 2.24) is 14.9 Å². The number of amides is 1. The molecule has 1 aliphatic rings. The SMILES string of the molecule is O=C(c1ccc(-c2c(-c3ccccc3)c3cc(Cl)ccc3[nH]c2=O)[nH]1)N1CCOCC1. The molecule has 0 saturated carbocycles. The van der Waals surface area contributed by atoms with Crippen molar-refractivity contribution in [3.63, 3.8) is 0 Å². The summed E-state index contributed by atoms with van der Waals surface area (Å²) in [5.41, 5.74) is 3.64. The second-order valence-corrected chi connectivity index (χ2v) is 7.89. The van der Waals surface area contributed by atoms with Gasteiger partial charge in [-0.3, -0.25) is 9.59 Å². The van der Waals surface area contributed by atoms with Gasteiger partial charge in [-0.1, -0.05) is 41.9 Å². The molecule has 156 valence electrons. The van der Waals surface area contributed by atoms with E-state index < -0.39 is 0 Å². The molecule has 1 amide bonds. The van der Waals surface area contributed by atoms with Crippen LogP contribution in [0.1, 0.15) is 10.5 Å². The highest BCUT2D eigenvalue weighted by Crippen LogP contribution is 2.35. The summed E-state index contributed by atoms with van der Waals surface area (Å²) in [6, 6.07) is 18.6. The zero-order valence-electron chi connectivity index (χ0n) is 16.7. The maximum absolute atomic E-state index is 13.2. The van der Waals surface area contributed by atoms with E-state index in [2.05, 4.69) is 9.97 Å². The first kappa shape index (κ1) is 19.6. The molecule has 1 aliphatic heterocycles. The van der Waals surface area contributed by atoms with Crippen LogP contribution in [-0.4, -0.2) is 47.1 Å². The van der Waals surface area contributed by atoms with Gasteiger partial charge in [-0.2, -0.15) is 0 Å². The van der Waals surface area contributed by atoms with Crippen molar-refractivity contribution in [1.29, 1.82) is 0 Å². The van der Waals surface area contributed by atoms with Crippen molar-refractivity contribution in [2.75, 3.05) is 26.3 Å². The third-order valence-electron chi connectivity index (χ3n) is 5.52. The lowest BCUT2D eigenvalue weighted by Gasteiger charge is -2.26. The summed E-state index contributed by atoms with van der Waals surface area (Å²) in [5, 5.41) is 1.42. The molecule has 0 unspecified atom stereocenters. The lowest BCUT2D eigenvalue weighted by molar-refractivity contribution is 0.0299. The summed E-state index contributed by atoms with van der Waals surface area (Å²) in [6.07, 6.45) is 0. The van der Waals surface area contributed by atoms with E-state index in [0.717, 1.165) is 16.5 Å². The Morgan fingerprint density at radius 1 is 0.935 bits per heavy atom. The van der Waals surface area contributed by atoms with Crippen LogP contribution in [0.5, 0.6) is 0 Å². The van der Waals surface area contributed by atoms with Crippen molar-refractivity contribution >= 4 is 28.4 Å². The van der Waals surface area contributed by atoms with Crippen LogP contribution in [0.25, 0.3) is 33.3 Å². The van der Waals surface area contributed by atoms with E-state index >= 15 is 0 Å². The number of benzene rings is 2. The zero-order valence-corrected chi connectivity index (χ0v) is 17.4. The normalized spacial score (nSPS) is 14.2. The summed E-state index contributed by atoms with van der Waals surface area (Å²) in [6.45, 7) is 2.17. The predicted octanol–water partition coefficient (Wildman–Crippen LogP) is 4.32. The van der Waals surface area contributed by atoms with Gasteiger partial charge in [-0.05, 0) is 35.9 Å². The maximum atomic E-state index is 13.2. The van der Waals surface area contributed by atoms with Gasteiger partial charge in [-0.25, -0.2) is 0 Å². The first-order valence-corrected chi connectivity index (χ1v) is 10.5. The Kier molecular flexibility index (Phi) is 5.10. The van der Waals surface area contributed by atoms with Gasteiger partial charge in [-0.15, -0.1) is 0 Å². The number of H-pyrrole nitrogens is 2. The Balaban J connectivity index is 1.69. The average Bonchev–Trinajstić information content (AvgIpc) is 3.29. The molecule has 0 spiro atoms. The molecule has 0 aliphatic carbocycles. The molecule has 3 heterocycles. The topological polar surface area (TPSA) is 78.2 Å². The summed E-state index contributed by atoms with van der Waals surface area (Å²) >= 11 is 6.29. The van der Waals surface area contributed by atoms with Gasteiger partial charge < -0.3 is 19.6 Å². The minimum atomic E-state index is -0.235. The van der Waals surface area contributed by atoms with Crippen molar-refractivity contribution in [2.45, 2.75) is 0 Å². The molecule has 1 fully saturated rings. The quantitative estimate of drug-likeness (QED) is 0.505. The highest BCUT2D eigenvalue weighted by molar-refractivity contribution is 6.31. The Labute approximate surface area is 183 Å². The predicted molar refractivity (Wildman–Crippen MR) is 122 cm³/mol. The first-order valence-electron chi connectivity index (χ1n) is 10.1. The van der Waals surface area contributed by atoms with E-state index in [1.165, 1.54) is 0 Å². The first-order chi connectivity index (χ1) is 15.1. The van der Waals surface area contributed by atoms with Crippen LogP contribution in [0.15, 0.2) is 65.5 Å². The number of nitrogens with one attached hydrogen (secondary N) is 2. The molecule has 4 aromatic rings. The number of carbonyl (C=O) groups is 1. The molecule has 2 aromatic heterocycles. The van der Waals surface area contributed by atoms with Crippen LogP contribution < -0.4 is 5.56 Å². The number of aromatic nitrogens is 2. The number of halogens is 1. The standard InChI is InChI=1S/C24H20ClN3O3/c25-16-6-7-18-17(14-16)21(15-4-2-1-3-5-15)22(23(29)27-18)19-8-9-20(26-19)24(30)28-10-12-31-13-11-28/h1-9,14,26H,10-13H2,(H,27,29). The van der Waals surface area contributed by atoms with Crippen molar-refractivity contribution in [3.8, 4) is 22.4 Å². The molecule has 0 bridgehead atoms. The number of ether oxygens (including phenoxy) is 1. The van der Waals surface area contributed by atoms with Gasteiger partial charge in [0, 0.05) is 34.6 Å². The van der Waals surface area contributed by atoms with Crippen LogP contribution in [-0.2, 0) is 4.74 Å². The zero-order chi connectivity index (χ0) is 21.4. The van der Waals surface area contributed by atoms with Crippen molar-refractivity contribution in [3.05, 3.63) is 81.7 Å². The fraction of sp³-hybridized carbons (Fsp3) is 0.167. The largest absolute Gasteiger partial charge is 0.378 e. The lowest BCUT2D eigenvalue weighted by atomic mass is 9.95. The highest BCUT2D eigenvalue weighted by Gasteiger charge is 2.22. The second kappa shape index (κ2) is 8.06. The molecular formula is C24H20ClN3O3. The van der Waals surface area contributed by atoms with Crippen molar-refractivity contribution < 1.29 is 9.53 Å². The van der Waals surface area contributed by atoms with E-state index in [1.807, 2.05) is 36.4 Å². The highest BCUT2D eigenvalue weighted by atomic mass is 35.5. The summed E-state index contributed by atoms with van der Waals surface area (Å²) in [4.78, 5) is 33.9. The molecule has 31 heavy (non-hydrogen) atoms. The number of rotatable bonds is 3. The number of morpholine rings is 1. The summed E-state index contributed by atoms with van der Waals surface area (Å²) in [7, 11) is 0. The molecular weight excluding hydrogens is 414 g/mol. The molecule has 6 nitrogen and oxygen atoms in total. The van der Waals surface area contributed by atoms with Gasteiger partial charge in [0.1, 0.15) is 5.69 Å². The number of aromatic amines is 2. The van der Waals surface area contributed by atoms with Crippen LogP contribution in [0.2, 0.25) is 5.02 Å². The molecule has 0 atom stereocenters. The van der Waals surface area contributed by atoms with E-state index in [0.29, 0.717) is 53.8 Å². The second-order valence-electron chi connectivity index (χ2n) is 7.45. The van der Waals surface area contributed by atoms with Crippen LogP contribution in [0.3, 0.4) is 0 Å². The number of carbonyl (C=O) groups excluding carboxylic acids is 1. The number of pyridine rings is 1. The molecule has 5 rings (SSSR count). The molecule has 2 aromatic carbocycles. The van der Waals surface area contributed by atoms with Gasteiger partial charge in [0.25, 0.3) is 11.5 Å². The van der Waals surface area contributed by atoms with Crippen LogP contribution in [0, 0.1) is 0 Å². The fourth-order valence-corrected chi connectivity index (χ4v) is 4.20.